The van der Waals surface area contributed by atoms with Gasteiger partial charge in [0.1, 0.15) is 11.5 Å². The number of methoxy groups -OCH3 is 3. The molecule has 0 heterocycles. The number of hydrogen-bond acceptors (Lipinski definition) is 5. The van der Waals surface area contributed by atoms with E-state index in [-0.39, 0.29) is 0 Å². The fourth-order valence-corrected chi connectivity index (χ4v) is 3.52. The Morgan fingerprint density at radius 2 is 1.24 bits per heavy atom. The highest BCUT2D eigenvalue weighted by molar-refractivity contribution is 7.10. The Kier molecular flexibility index (Phi) is 18.8. The lowest BCUT2D eigenvalue weighted by Gasteiger charge is -2.19. The second-order valence-corrected chi connectivity index (χ2v) is 8.30. The summed E-state index contributed by atoms with van der Waals surface area (Å²) in [5.41, 5.74) is 4.81. The molecule has 0 radical (unpaired) electrons. The summed E-state index contributed by atoms with van der Waals surface area (Å²) in [6, 6.07) is 12.2. The van der Waals surface area contributed by atoms with Gasteiger partial charge in [-0.15, -0.1) is 0 Å². The molecular formula is C27H46NO4P. The SMILES string of the molecule is CCCN(CCC)CCOC.COCc1cc(C)cc(OP)c1.COc1cc(C)cc(C)c1. The molecule has 188 valence electrons. The fourth-order valence-electron chi connectivity index (χ4n) is 3.38. The van der Waals surface area contributed by atoms with E-state index < -0.39 is 0 Å². The predicted octanol–water partition coefficient (Wildman–Crippen LogP) is 6.38. The average Bonchev–Trinajstić information content (AvgIpc) is 2.78. The Bertz CT molecular complexity index is 729. The van der Waals surface area contributed by atoms with Crippen molar-refractivity contribution >= 4 is 9.47 Å². The van der Waals surface area contributed by atoms with E-state index in [4.69, 9.17) is 18.7 Å². The van der Waals surface area contributed by atoms with Crippen molar-refractivity contribution in [1.29, 1.82) is 0 Å². The van der Waals surface area contributed by atoms with Gasteiger partial charge in [0.2, 0.25) is 0 Å². The van der Waals surface area contributed by atoms with Crippen molar-refractivity contribution in [1.82, 2.24) is 4.90 Å². The standard InChI is InChI=1S/C9H21NO.C9H13O2P.C9H12O/c1-4-6-10(7-5-2)8-9-11-3;1-7-3-8(6-10-2)5-9(4-7)11-12;1-7-4-8(2)6-9(5-7)10-3/h4-9H2,1-3H3;3-5H,6,12H2,1-2H3;4-6H,1-3H3. The van der Waals surface area contributed by atoms with Gasteiger partial charge >= 0.3 is 0 Å². The third kappa shape index (κ3) is 15.8. The van der Waals surface area contributed by atoms with Crippen LogP contribution in [0.1, 0.15) is 48.9 Å². The summed E-state index contributed by atoms with van der Waals surface area (Å²) in [4.78, 5) is 2.45. The molecule has 0 fully saturated rings. The molecule has 1 unspecified atom stereocenters. The van der Waals surface area contributed by atoms with Crippen LogP contribution in [0.4, 0.5) is 0 Å². The lowest BCUT2D eigenvalue weighted by Crippen LogP contribution is -2.28. The molecule has 0 aromatic heterocycles. The van der Waals surface area contributed by atoms with E-state index in [1.165, 1.54) is 42.6 Å². The molecule has 0 amide bonds. The number of benzene rings is 2. The Morgan fingerprint density at radius 1 is 0.697 bits per heavy atom. The summed E-state index contributed by atoms with van der Waals surface area (Å²) in [5, 5.41) is 0. The molecule has 0 aliphatic carbocycles. The van der Waals surface area contributed by atoms with Gasteiger partial charge in [-0.05, 0) is 93.2 Å². The van der Waals surface area contributed by atoms with E-state index in [9.17, 15) is 0 Å². The minimum atomic E-state index is 0.628. The average molecular weight is 480 g/mol. The molecule has 0 aliphatic rings. The summed E-state index contributed by atoms with van der Waals surface area (Å²) < 4.78 is 20.2. The number of ether oxygens (including phenoxy) is 3. The molecule has 33 heavy (non-hydrogen) atoms. The van der Waals surface area contributed by atoms with Crippen LogP contribution in [0, 0.1) is 20.8 Å². The van der Waals surface area contributed by atoms with Crippen LogP contribution in [0.5, 0.6) is 11.5 Å². The quantitative estimate of drug-likeness (QED) is 0.350. The molecule has 1 atom stereocenters. The molecular weight excluding hydrogens is 433 g/mol. The lowest BCUT2D eigenvalue weighted by molar-refractivity contribution is 0.147. The van der Waals surface area contributed by atoms with Crippen molar-refractivity contribution in [2.24, 2.45) is 0 Å². The van der Waals surface area contributed by atoms with Gasteiger partial charge in [0.05, 0.1) is 29.8 Å². The molecule has 0 saturated heterocycles. The fraction of sp³-hybridized carbons (Fsp3) is 0.556. The molecule has 0 aliphatic heterocycles. The third-order valence-corrected chi connectivity index (χ3v) is 4.95. The highest BCUT2D eigenvalue weighted by Gasteiger charge is 2.00. The van der Waals surface area contributed by atoms with Crippen LogP contribution < -0.4 is 9.26 Å². The van der Waals surface area contributed by atoms with Gasteiger partial charge in [0.25, 0.3) is 0 Å². The highest BCUT2D eigenvalue weighted by atomic mass is 31.0. The van der Waals surface area contributed by atoms with Crippen molar-refractivity contribution in [3.63, 3.8) is 0 Å². The molecule has 0 saturated carbocycles. The van der Waals surface area contributed by atoms with Crippen molar-refractivity contribution in [2.45, 2.75) is 54.1 Å². The Morgan fingerprint density at radius 3 is 1.70 bits per heavy atom. The van der Waals surface area contributed by atoms with Gasteiger partial charge in [-0.2, -0.15) is 0 Å². The van der Waals surface area contributed by atoms with Crippen molar-refractivity contribution in [3.8, 4) is 11.5 Å². The zero-order valence-electron chi connectivity index (χ0n) is 22.1. The molecule has 0 bridgehead atoms. The van der Waals surface area contributed by atoms with Crippen molar-refractivity contribution in [2.75, 3.05) is 47.6 Å². The van der Waals surface area contributed by atoms with E-state index >= 15 is 0 Å². The first-order chi connectivity index (χ1) is 15.8. The van der Waals surface area contributed by atoms with Crippen LogP contribution in [0.25, 0.3) is 0 Å². The van der Waals surface area contributed by atoms with E-state index in [2.05, 4.69) is 54.2 Å². The molecule has 5 nitrogen and oxygen atoms in total. The summed E-state index contributed by atoms with van der Waals surface area (Å²) in [6.07, 6.45) is 2.48. The molecule has 2 rings (SSSR count). The van der Waals surface area contributed by atoms with Crippen LogP contribution >= 0.6 is 9.47 Å². The minimum absolute atomic E-state index is 0.628. The van der Waals surface area contributed by atoms with Crippen molar-refractivity contribution < 1.29 is 18.7 Å². The zero-order valence-corrected chi connectivity index (χ0v) is 23.2. The molecule has 0 spiro atoms. The summed E-state index contributed by atoms with van der Waals surface area (Å²) in [5.74, 6) is 1.80. The first-order valence-electron chi connectivity index (χ1n) is 11.6. The zero-order chi connectivity index (χ0) is 25.1. The topological polar surface area (TPSA) is 40.2 Å². The number of aryl methyl sites for hydroxylation is 3. The second kappa shape index (κ2) is 19.8. The van der Waals surface area contributed by atoms with Crippen LogP contribution in [0.15, 0.2) is 36.4 Å². The Hall–Kier alpha value is -1.65. The van der Waals surface area contributed by atoms with Crippen LogP contribution in [-0.4, -0.2) is 52.5 Å². The summed E-state index contributed by atoms with van der Waals surface area (Å²) >= 11 is 0. The maximum absolute atomic E-state index is 5.08. The molecule has 0 N–H and O–H groups in total. The third-order valence-electron chi connectivity index (χ3n) is 4.68. The predicted molar refractivity (Wildman–Crippen MR) is 144 cm³/mol. The number of nitrogens with zero attached hydrogens (tertiary/aromatic N) is 1. The van der Waals surface area contributed by atoms with Crippen LogP contribution in [-0.2, 0) is 16.1 Å². The molecule has 6 heteroatoms. The maximum Gasteiger partial charge on any atom is 0.123 e. The Labute approximate surface area is 205 Å². The van der Waals surface area contributed by atoms with Gasteiger partial charge < -0.3 is 23.6 Å². The smallest absolute Gasteiger partial charge is 0.123 e. The summed E-state index contributed by atoms with van der Waals surface area (Å²) in [6.45, 7) is 15.6. The first kappa shape index (κ1) is 31.4. The van der Waals surface area contributed by atoms with Crippen LogP contribution in [0.3, 0.4) is 0 Å². The van der Waals surface area contributed by atoms with E-state index in [1.807, 2.05) is 31.2 Å². The van der Waals surface area contributed by atoms with E-state index in [0.29, 0.717) is 6.61 Å². The van der Waals surface area contributed by atoms with Crippen LogP contribution in [0.2, 0.25) is 0 Å². The largest absolute Gasteiger partial charge is 0.497 e. The van der Waals surface area contributed by atoms with E-state index in [0.717, 1.165) is 30.2 Å². The van der Waals surface area contributed by atoms with Gasteiger partial charge in [0.15, 0.2) is 0 Å². The van der Waals surface area contributed by atoms with Gasteiger partial charge in [-0.3, -0.25) is 0 Å². The second-order valence-electron chi connectivity index (χ2n) is 8.07. The first-order valence-corrected chi connectivity index (χ1v) is 12.1. The van der Waals surface area contributed by atoms with Gasteiger partial charge in [-0.1, -0.05) is 26.0 Å². The lowest BCUT2D eigenvalue weighted by atomic mass is 10.1. The van der Waals surface area contributed by atoms with Gasteiger partial charge in [-0.25, -0.2) is 0 Å². The normalized spacial score (nSPS) is 10.1. The number of hydrogen-bond donors (Lipinski definition) is 0. The maximum atomic E-state index is 5.08. The van der Waals surface area contributed by atoms with Crippen molar-refractivity contribution in [3.05, 3.63) is 58.7 Å². The van der Waals surface area contributed by atoms with Gasteiger partial charge in [0, 0.05) is 20.8 Å². The molecule has 2 aromatic rings. The molecule has 2 aromatic carbocycles. The Balaban J connectivity index is 0.000000467. The number of rotatable bonds is 11. The minimum Gasteiger partial charge on any atom is -0.497 e. The monoisotopic (exact) mass is 479 g/mol. The summed E-state index contributed by atoms with van der Waals surface area (Å²) in [7, 11) is 7.37. The van der Waals surface area contributed by atoms with E-state index in [1.54, 1.807) is 21.3 Å². The highest BCUT2D eigenvalue weighted by Crippen LogP contribution is 2.19.